The van der Waals surface area contributed by atoms with Gasteiger partial charge in [-0.1, -0.05) is 11.8 Å². The third-order valence-corrected chi connectivity index (χ3v) is 4.76. The lowest BCUT2D eigenvalue weighted by Crippen LogP contribution is -2.33. The Morgan fingerprint density at radius 3 is 2.90 bits per heavy atom. The Hall–Kier alpha value is -1.16. The predicted molar refractivity (Wildman–Crippen MR) is 88.1 cm³/mol. The summed E-state index contributed by atoms with van der Waals surface area (Å²) in [6, 6.07) is 1.82. The lowest BCUT2D eigenvalue weighted by molar-refractivity contribution is 0.0943. The number of rotatable bonds is 6. The molecule has 6 heteroatoms. The predicted octanol–water partition coefficient (Wildman–Crippen LogP) is 1.68. The van der Waals surface area contributed by atoms with Gasteiger partial charge in [-0.05, 0) is 31.9 Å². The van der Waals surface area contributed by atoms with Crippen molar-refractivity contribution >= 4 is 28.0 Å². The van der Waals surface area contributed by atoms with E-state index in [1.54, 1.807) is 6.26 Å². The van der Waals surface area contributed by atoms with Crippen molar-refractivity contribution in [2.75, 3.05) is 18.6 Å². The molecule has 0 aliphatic carbocycles. The highest BCUT2D eigenvalue weighted by molar-refractivity contribution is 7.84. The molecule has 1 amide bonds. The summed E-state index contributed by atoms with van der Waals surface area (Å²) in [7, 11) is -0.837. The molecule has 0 radical (unpaired) electrons. The molecule has 0 aromatic carbocycles. The van der Waals surface area contributed by atoms with Gasteiger partial charge in [-0.2, -0.15) is 0 Å². The molecular formula is C15H21NO3S2. The maximum Gasteiger partial charge on any atom is 0.261 e. The SMILES string of the molecule is Cc1cc(C(=O)NC(C)CCS(C)=O)sc1C#CCCO. The minimum Gasteiger partial charge on any atom is -0.395 e. The van der Waals surface area contributed by atoms with Crippen LogP contribution in [0.15, 0.2) is 6.07 Å². The number of nitrogens with one attached hydrogen (secondary N) is 1. The molecule has 2 unspecified atom stereocenters. The van der Waals surface area contributed by atoms with E-state index in [1.807, 2.05) is 19.9 Å². The lowest BCUT2D eigenvalue weighted by atomic mass is 10.2. The van der Waals surface area contributed by atoms with Crippen LogP contribution in [0.25, 0.3) is 0 Å². The molecule has 0 fully saturated rings. The lowest BCUT2D eigenvalue weighted by Gasteiger charge is -2.11. The average Bonchev–Trinajstić information content (AvgIpc) is 2.78. The van der Waals surface area contributed by atoms with E-state index >= 15 is 0 Å². The first-order valence-electron chi connectivity index (χ1n) is 6.75. The standard InChI is InChI=1S/C15H21NO3S2/c1-11-10-14(20-13(11)6-4-5-8-17)15(18)16-12(2)7-9-21(3)19/h10,12,17H,5,7-9H2,1-3H3,(H,16,18). The van der Waals surface area contributed by atoms with E-state index in [9.17, 15) is 9.00 Å². The van der Waals surface area contributed by atoms with Crippen molar-refractivity contribution in [2.24, 2.45) is 0 Å². The first-order chi connectivity index (χ1) is 9.93. The van der Waals surface area contributed by atoms with Crippen LogP contribution in [0.4, 0.5) is 0 Å². The van der Waals surface area contributed by atoms with Crippen LogP contribution >= 0.6 is 11.3 Å². The van der Waals surface area contributed by atoms with Crippen LogP contribution in [0.2, 0.25) is 0 Å². The Morgan fingerprint density at radius 2 is 2.29 bits per heavy atom. The van der Waals surface area contributed by atoms with Gasteiger partial charge in [0.15, 0.2) is 0 Å². The Labute approximate surface area is 132 Å². The van der Waals surface area contributed by atoms with E-state index in [0.29, 0.717) is 23.5 Å². The van der Waals surface area contributed by atoms with E-state index in [2.05, 4.69) is 17.2 Å². The second-order valence-corrected chi connectivity index (χ2v) is 7.45. The molecule has 0 aliphatic rings. The Bertz CT molecular complexity index is 569. The van der Waals surface area contributed by atoms with Gasteiger partial charge >= 0.3 is 0 Å². The third kappa shape index (κ3) is 6.42. The van der Waals surface area contributed by atoms with E-state index < -0.39 is 10.8 Å². The number of aliphatic hydroxyl groups is 1. The highest BCUT2D eigenvalue weighted by Gasteiger charge is 2.14. The number of aryl methyl sites for hydroxylation is 1. The molecular weight excluding hydrogens is 306 g/mol. The molecule has 0 saturated heterocycles. The molecule has 1 aromatic rings. The van der Waals surface area contributed by atoms with Gasteiger partial charge in [0.25, 0.3) is 5.91 Å². The second-order valence-electron chi connectivity index (χ2n) is 4.84. The van der Waals surface area contributed by atoms with Crippen LogP contribution in [0.1, 0.15) is 39.9 Å². The zero-order valence-electron chi connectivity index (χ0n) is 12.6. The van der Waals surface area contributed by atoms with Crippen LogP contribution in [0, 0.1) is 18.8 Å². The summed E-state index contributed by atoms with van der Waals surface area (Å²) in [5.74, 6) is 6.30. The molecule has 21 heavy (non-hydrogen) atoms. The van der Waals surface area contributed by atoms with Crippen molar-refractivity contribution in [2.45, 2.75) is 32.7 Å². The quantitative estimate of drug-likeness (QED) is 0.781. The van der Waals surface area contributed by atoms with Gasteiger partial charge < -0.3 is 10.4 Å². The summed E-state index contributed by atoms with van der Waals surface area (Å²) in [5, 5.41) is 11.6. The molecule has 1 rings (SSSR count). The van der Waals surface area contributed by atoms with Crippen LogP contribution in [-0.2, 0) is 10.8 Å². The fraction of sp³-hybridized carbons (Fsp3) is 0.533. The molecule has 0 saturated carbocycles. The molecule has 1 heterocycles. The molecule has 0 spiro atoms. The number of carbonyl (C=O) groups is 1. The van der Waals surface area contributed by atoms with Gasteiger partial charge in [0.1, 0.15) is 0 Å². The topological polar surface area (TPSA) is 66.4 Å². The smallest absolute Gasteiger partial charge is 0.261 e. The highest BCUT2D eigenvalue weighted by Crippen LogP contribution is 2.21. The Morgan fingerprint density at radius 1 is 1.57 bits per heavy atom. The first-order valence-corrected chi connectivity index (χ1v) is 9.29. The van der Waals surface area contributed by atoms with Crippen LogP contribution in [0.5, 0.6) is 0 Å². The number of amides is 1. The fourth-order valence-corrected chi connectivity index (χ4v) is 3.26. The Balaban J connectivity index is 2.65. The van der Waals surface area contributed by atoms with Gasteiger partial charge in [0, 0.05) is 35.3 Å². The maximum absolute atomic E-state index is 12.1. The van der Waals surface area contributed by atoms with Gasteiger partial charge in [-0.15, -0.1) is 11.3 Å². The van der Waals surface area contributed by atoms with E-state index in [-0.39, 0.29) is 18.6 Å². The number of hydrogen-bond acceptors (Lipinski definition) is 4. The van der Waals surface area contributed by atoms with Gasteiger partial charge in [-0.25, -0.2) is 0 Å². The van der Waals surface area contributed by atoms with Crippen molar-refractivity contribution < 1.29 is 14.1 Å². The first kappa shape index (κ1) is 17.9. The monoisotopic (exact) mass is 327 g/mol. The van der Waals surface area contributed by atoms with Crippen LogP contribution < -0.4 is 5.32 Å². The van der Waals surface area contributed by atoms with Gasteiger partial charge in [0.2, 0.25) is 0 Å². The van der Waals surface area contributed by atoms with Gasteiger partial charge in [-0.3, -0.25) is 9.00 Å². The molecule has 2 atom stereocenters. The van der Waals surface area contributed by atoms with Crippen molar-refractivity contribution in [1.29, 1.82) is 0 Å². The van der Waals surface area contributed by atoms with Crippen molar-refractivity contribution in [3.8, 4) is 11.8 Å². The minimum absolute atomic E-state index is 0.00673. The zero-order valence-corrected chi connectivity index (χ0v) is 14.2. The van der Waals surface area contributed by atoms with Crippen LogP contribution in [-0.4, -0.2) is 39.9 Å². The molecule has 0 bridgehead atoms. The van der Waals surface area contributed by atoms with Gasteiger partial charge in [0.05, 0.1) is 16.4 Å². The summed E-state index contributed by atoms with van der Waals surface area (Å²) in [4.78, 5) is 13.6. The highest BCUT2D eigenvalue weighted by atomic mass is 32.2. The largest absolute Gasteiger partial charge is 0.395 e. The van der Waals surface area contributed by atoms with Crippen molar-refractivity contribution in [3.63, 3.8) is 0 Å². The van der Waals surface area contributed by atoms with Crippen molar-refractivity contribution in [1.82, 2.24) is 5.32 Å². The average molecular weight is 327 g/mol. The zero-order chi connectivity index (χ0) is 15.8. The van der Waals surface area contributed by atoms with Crippen molar-refractivity contribution in [3.05, 3.63) is 21.4 Å². The minimum atomic E-state index is -0.837. The normalized spacial score (nSPS) is 13.1. The summed E-state index contributed by atoms with van der Waals surface area (Å²) in [6.45, 7) is 3.87. The molecule has 2 N–H and O–H groups in total. The number of hydrogen-bond donors (Lipinski definition) is 2. The number of aliphatic hydroxyl groups excluding tert-OH is 1. The number of carbonyl (C=O) groups excluding carboxylic acids is 1. The molecule has 4 nitrogen and oxygen atoms in total. The molecule has 1 aromatic heterocycles. The fourth-order valence-electron chi connectivity index (χ4n) is 1.63. The van der Waals surface area contributed by atoms with E-state index in [0.717, 1.165) is 10.4 Å². The third-order valence-electron chi connectivity index (χ3n) is 2.80. The summed E-state index contributed by atoms with van der Waals surface area (Å²) >= 11 is 1.36. The van der Waals surface area contributed by atoms with E-state index in [4.69, 9.17) is 5.11 Å². The summed E-state index contributed by atoms with van der Waals surface area (Å²) < 4.78 is 11.0. The molecule has 0 aliphatic heterocycles. The van der Waals surface area contributed by atoms with Crippen LogP contribution in [0.3, 0.4) is 0 Å². The second kappa shape index (κ2) is 8.98. The number of thiophene rings is 1. The Kier molecular flexibility index (Phi) is 7.65. The summed E-state index contributed by atoms with van der Waals surface area (Å²) in [5.41, 5.74) is 0.970. The molecule has 116 valence electrons. The summed E-state index contributed by atoms with van der Waals surface area (Å²) in [6.07, 6.45) is 2.79. The maximum atomic E-state index is 12.1. The van der Waals surface area contributed by atoms with E-state index in [1.165, 1.54) is 11.3 Å².